The zero-order chi connectivity index (χ0) is 12.2. The fourth-order valence-corrected chi connectivity index (χ4v) is 1.17. The van der Waals surface area contributed by atoms with Gasteiger partial charge in [0.2, 0.25) is 0 Å². The maximum atomic E-state index is 13.2. The van der Waals surface area contributed by atoms with Crippen molar-refractivity contribution in [3.8, 4) is 5.75 Å². The van der Waals surface area contributed by atoms with E-state index in [0.29, 0.717) is 11.3 Å². The summed E-state index contributed by atoms with van der Waals surface area (Å²) in [5, 5.41) is 8.62. The second-order valence-corrected chi connectivity index (χ2v) is 4.23. The van der Waals surface area contributed by atoms with Crippen LogP contribution in [-0.2, 0) is 11.2 Å². The van der Waals surface area contributed by atoms with E-state index in [-0.39, 0.29) is 13.0 Å². The molecule has 0 aliphatic heterocycles. The Bertz CT molecular complexity index is 369. The van der Waals surface area contributed by atoms with Crippen LogP contribution in [0, 0.1) is 0 Å². The Morgan fingerprint density at radius 2 is 2.19 bits per heavy atom. The molecular formula is C12H15FO3. The van der Waals surface area contributed by atoms with Crippen LogP contribution in [0.2, 0.25) is 0 Å². The maximum absolute atomic E-state index is 13.2. The SMILES string of the molecule is CC(C)(F)COc1cccc(CC(=O)O)c1. The van der Waals surface area contributed by atoms with Crippen molar-refractivity contribution in [3.63, 3.8) is 0 Å². The van der Waals surface area contributed by atoms with Crippen molar-refractivity contribution < 1.29 is 19.0 Å². The van der Waals surface area contributed by atoms with Crippen molar-refractivity contribution in [2.75, 3.05) is 6.61 Å². The van der Waals surface area contributed by atoms with Gasteiger partial charge in [-0.15, -0.1) is 0 Å². The van der Waals surface area contributed by atoms with Crippen LogP contribution in [-0.4, -0.2) is 23.4 Å². The average molecular weight is 226 g/mol. The van der Waals surface area contributed by atoms with Gasteiger partial charge in [-0.1, -0.05) is 12.1 Å². The Balaban J connectivity index is 2.64. The minimum atomic E-state index is -1.40. The van der Waals surface area contributed by atoms with Gasteiger partial charge in [0.25, 0.3) is 0 Å². The number of hydrogen-bond donors (Lipinski definition) is 1. The van der Waals surface area contributed by atoms with Crippen LogP contribution in [0.15, 0.2) is 24.3 Å². The fraction of sp³-hybridized carbons (Fsp3) is 0.417. The van der Waals surface area contributed by atoms with Gasteiger partial charge < -0.3 is 9.84 Å². The Morgan fingerprint density at radius 1 is 1.50 bits per heavy atom. The number of carbonyl (C=O) groups is 1. The minimum absolute atomic E-state index is 0.0521. The average Bonchev–Trinajstić information content (AvgIpc) is 2.13. The molecule has 16 heavy (non-hydrogen) atoms. The molecule has 0 aromatic heterocycles. The first kappa shape index (κ1) is 12.5. The summed E-state index contributed by atoms with van der Waals surface area (Å²) in [7, 11) is 0. The van der Waals surface area contributed by atoms with Crippen LogP contribution in [0.3, 0.4) is 0 Å². The third-order valence-corrected chi connectivity index (χ3v) is 1.84. The molecule has 0 amide bonds. The summed E-state index contributed by atoms with van der Waals surface area (Å²) in [6.45, 7) is 2.80. The van der Waals surface area contributed by atoms with Gasteiger partial charge in [0.05, 0.1) is 6.42 Å². The van der Waals surface area contributed by atoms with Gasteiger partial charge in [-0.3, -0.25) is 4.79 Å². The minimum Gasteiger partial charge on any atom is -0.490 e. The maximum Gasteiger partial charge on any atom is 0.307 e. The zero-order valence-corrected chi connectivity index (χ0v) is 9.37. The summed E-state index contributed by atoms with van der Waals surface area (Å²) in [4.78, 5) is 10.5. The molecule has 0 fully saturated rings. The van der Waals surface area contributed by atoms with Crippen LogP contribution in [0.1, 0.15) is 19.4 Å². The topological polar surface area (TPSA) is 46.5 Å². The first-order valence-corrected chi connectivity index (χ1v) is 4.99. The predicted molar refractivity (Wildman–Crippen MR) is 58.5 cm³/mol. The Kier molecular flexibility index (Phi) is 3.88. The number of rotatable bonds is 5. The third-order valence-electron chi connectivity index (χ3n) is 1.84. The van der Waals surface area contributed by atoms with E-state index < -0.39 is 11.6 Å². The lowest BCUT2D eigenvalue weighted by atomic mass is 10.1. The van der Waals surface area contributed by atoms with E-state index in [1.165, 1.54) is 13.8 Å². The lowest BCUT2D eigenvalue weighted by Gasteiger charge is -2.15. The molecule has 1 rings (SSSR count). The number of aliphatic carboxylic acids is 1. The largest absolute Gasteiger partial charge is 0.490 e. The van der Waals surface area contributed by atoms with E-state index in [2.05, 4.69) is 0 Å². The van der Waals surface area contributed by atoms with Crippen molar-refractivity contribution in [2.45, 2.75) is 25.9 Å². The molecule has 0 unspecified atom stereocenters. The summed E-state index contributed by atoms with van der Waals surface area (Å²) < 4.78 is 18.4. The van der Waals surface area contributed by atoms with Crippen LogP contribution < -0.4 is 4.74 Å². The van der Waals surface area contributed by atoms with E-state index in [1.807, 2.05) is 0 Å². The summed E-state index contributed by atoms with van der Waals surface area (Å²) in [6, 6.07) is 6.68. The molecule has 1 N–H and O–H groups in total. The molecule has 0 saturated heterocycles. The molecular weight excluding hydrogens is 211 g/mol. The molecule has 1 aromatic carbocycles. The van der Waals surface area contributed by atoms with Crippen molar-refractivity contribution in [1.82, 2.24) is 0 Å². The molecule has 0 aliphatic carbocycles. The molecule has 3 nitrogen and oxygen atoms in total. The summed E-state index contributed by atoms with van der Waals surface area (Å²) in [5.41, 5.74) is -0.760. The highest BCUT2D eigenvalue weighted by Gasteiger charge is 2.16. The van der Waals surface area contributed by atoms with Gasteiger partial charge in [0.1, 0.15) is 18.0 Å². The number of hydrogen-bond acceptors (Lipinski definition) is 2. The standard InChI is InChI=1S/C12H15FO3/c1-12(2,13)8-16-10-5-3-4-9(6-10)7-11(14)15/h3-6H,7-8H2,1-2H3,(H,14,15). The molecule has 0 aliphatic rings. The van der Waals surface area contributed by atoms with Crippen molar-refractivity contribution >= 4 is 5.97 Å². The number of carboxylic acids is 1. The van der Waals surface area contributed by atoms with Gasteiger partial charge in [-0.25, -0.2) is 4.39 Å². The molecule has 0 spiro atoms. The van der Waals surface area contributed by atoms with Gasteiger partial charge in [-0.05, 0) is 31.5 Å². The van der Waals surface area contributed by atoms with Gasteiger partial charge >= 0.3 is 5.97 Å². The second kappa shape index (κ2) is 4.96. The molecule has 0 radical (unpaired) electrons. The number of ether oxygens (including phenoxy) is 1. The van der Waals surface area contributed by atoms with E-state index in [1.54, 1.807) is 24.3 Å². The molecule has 0 atom stereocenters. The highest BCUT2D eigenvalue weighted by molar-refractivity contribution is 5.70. The molecule has 88 valence electrons. The van der Waals surface area contributed by atoms with Crippen molar-refractivity contribution in [3.05, 3.63) is 29.8 Å². The predicted octanol–water partition coefficient (Wildman–Crippen LogP) is 2.44. The van der Waals surface area contributed by atoms with Gasteiger partial charge in [-0.2, -0.15) is 0 Å². The fourth-order valence-electron chi connectivity index (χ4n) is 1.17. The van der Waals surface area contributed by atoms with Gasteiger partial charge in [0, 0.05) is 0 Å². The Morgan fingerprint density at radius 3 is 2.75 bits per heavy atom. The number of alkyl halides is 1. The van der Waals surface area contributed by atoms with E-state index in [9.17, 15) is 9.18 Å². The van der Waals surface area contributed by atoms with E-state index in [0.717, 1.165) is 0 Å². The first-order valence-electron chi connectivity index (χ1n) is 4.99. The van der Waals surface area contributed by atoms with E-state index >= 15 is 0 Å². The molecule has 0 saturated carbocycles. The summed E-state index contributed by atoms with van der Waals surface area (Å²) in [6.07, 6.45) is -0.0593. The smallest absolute Gasteiger partial charge is 0.307 e. The van der Waals surface area contributed by atoms with Gasteiger partial charge in [0.15, 0.2) is 0 Å². The van der Waals surface area contributed by atoms with Crippen molar-refractivity contribution in [1.29, 1.82) is 0 Å². The highest BCUT2D eigenvalue weighted by Crippen LogP contribution is 2.17. The monoisotopic (exact) mass is 226 g/mol. The quantitative estimate of drug-likeness (QED) is 0.838. The third kappa shape index (κ3) is 4.77. The highest BCUT2D eigenvalue weighted by atomic mass is 19.1. The number of benzene rings is 1. The molecule has 4 heteroatoms. The lowest BCUT2D eigenvalue weighted by Crippen LogP contribution is -2.22. The molecule has 0 heterocycles. The second-order valence-electron chi connectivity index (χ2n) is 4.23. The first-order chi connectivity index (χ1) is 7.37. The molecule has 0 bridgehead atoms. The number of halogens is 1. The van der Waals surface area contributed by atoms with Crippen LogP contribution >= 0.6 is 0 Å². The number of carboxylic acid groups (broad SMARTS) is 1. The molecule has 1 aromatic rings. The van der Waals surface area contributed by atoms with Crippen molar-refractivity contribution in [2.24, 2.45) is 0 Å². The normalized spacial score (nSPS) is 11.2. The zero-order valence-electron chi connectivity index (χ0n) is 9.37. The summed E-state index contributed by atoms with van der Waals surface area (Å²) in [5.74, 6) is -0.410. The van der Waals surface area contributed by atoms with Crippen LogP contribution in [0.5, 0.6) is 5.75 Å². The van der Waals surface area contributed by atoms with Crippen LogP contribution in [0.4, 0.5) is 4.39 Å². The van der Waals surface area contributed by atoms with Crippen LogP contribution in [0.25, 0.3) is 0 Å². The lowest BCUT2D eigenvalue weighted by molar-refractivity contribution is -0.136. The Hall–Kier alpha value is -1.58. The Labute approximate surface area is 93.9 Å². The van der Waals surface area contributed by atoms with E-state index in [4.69, 9.17) is 9.84 Å². The summed E-state index contributed by atoms with van der Waals surface area (Å²) >= 11 is 0.